The number of nitrogens with one attached hydrogen (secondary N) is 1. The lowest BCUT2D eigenvalue weighted by Gasteiger charge is -2.15. The predicted octanol–water partition coefficient (Wildman–Crippen LogP) is 0.970. The fourth-order valence-electron chi connectivity index (χ4n) is 2.18. The van der Waals surface area contributed by atoms with Crippen molar-refractivity contribution in [1.29, 1.82) is 0 Å². The zero-order chi connectivity index (χ0) is 16.4. The van der Waals surface area contributed by atoms with Crippen molar-refractivity contribution in [1.82, 2.24) is 24.9 Å². The summed E-state index contributed by atoms with van der Waals surface area (Å²) in [4.78, 5) is 31.6. The van der Waals surface area contributed by atoms with Crippen molar-refractivity contribution < 1.29 is 14.7 Å². The molecule has 2 rings (SSSR count). The molecule has 8 nitrogen and oxygen atoms in total. The molecule has 0 saturated heterocycles. The monoisotopic (exact) mass is 305 g/mol. The molecule has 2 N–H and O–H groups in total. The van der Waals surface area contributed by atoms with Gasteiger partial charge in [0.05, 0.1) is 0 Å². The first-order valence-electron chi connectivity index (χ1n) is 7.02. The summed E-state index contributed by atoms with van der Waals surface area (Å²) in [5.74, 6) is -1.32. The van der Waals surface area contributed by atoms with Gasteiger partial charge < -0.3 is 10.4 Å². The van der Waals surface area contributed by atoms with Crippen LogP contribution in [-0.4, -0.2) is 42.6 Å². The van der Waals surface area contributed by atoms with Crippen LogP contribution in [0, 0.1) is 19.8 Å². The van der Waals surface area contributed by atoms with Crippen molar-refractivity contribution in [3.05, 3.63) is 23.3 Å². The molecule has 0 aliphatic rings. The van der Waals surface area contributed by atoms with Crippen LogP contribution in [0.1, 0.15) is 42.3 Å². The summed E-state index contributed by atoms with van der Waals surface area (Å²) in [5.41, 5.74) is 1.57. The number of carboxylic acid groups (broad SMARTS) is 1. The Kier molecular flexibility index (Phi) is 4.39. The molecule has 118 valence electrons. The van der Waals surface area contributed by atoms with Crippen LogP contribution in [0.4, 0.5) is 0 Å². The van der Waals surface area contributed by atoms with Gasteiger partial charge in [-0.05, 0) is 32.3 Å². The van der Waals surface area contributed by atoms with E-state index < -0.39 is 17.9 Å². The van der Waals surface area contributed by atoms with Crippen molar-refractivity contribution in [3.63, 3.8) is 0 Å². The third kappa shape index (κ3) is 3.38. The zero-order valence-corrected chi connectivity index (χ0v) is 13.0. The minimum absolute atomic E-state index is 0.0868. The van der Waals surface area contributed by atoms with Crippen molar-refractivity contribution in [3.8, 4) is 0 Å². The number of hydrogen-bond donors (Lipinski definition) is 2. The number of aryl methyl sites for hydroxylation is 2. The van der Waals surface area contributed by atoms with Crippen LogP contribution in [0.25, 0.3) is 5.78 Å². The van der Waals surface area contributed by atoms with E-state index in [0.717, 1.165) is 11.4 Å². The van der Waals surface area contributed by atoms with E-state index in [-0.39, 0.29) is 11.7 Å². The molecule has 0 aromatic carbocycles. The summed E-state index contributed by atoms with van der Waals surface area (Å²) in [7, 11) is 0. The van der Waals surface area contributed by atoms with Gasteiger partial charge in [0.15, 0.2) is 0 Å². The number of aromatic nitrogens is 4. The molecule has 1 amide bonds. The van der Waals surface area contributed by atoms with Crippen LogP contribution < -0.4 is 5.32 Å². The van der Waals surface area contributed by atoms with Gasteiger partial charge in [0.2, 0.25) is 5.82 Å². The van der Waals surface area contributed by atoms with Crippen LogP contribution in [0.3, 0.4) is 0 Å². The van der Waals surface area contributed by atoms with E-state index in [1.807, 2.05) is 33.8 Å². The predicted molar refractivity (Wildman–Crippen MR) is 78.6 cm³/mol. The van der Waals surface area contributed by atoms with Gasteiger partial charge in [0.25, 0.3) is 11.7 Å². The lowest BCUT2D eigenvalue weighted by atomic mass is 10.0. The Morgan fingerprint density at radius 2 is 2.00 bits per heavy atom. The topological polar surface area (TPSA) is 109 Å². The quantitative estimate of drug-likeness (QED) is 0.852. The molecule has 1 atom stereocenters. The molecular weight excluding hydrogens is 286 g/mol. The fourth-order valence-corrected chi connectivity index (χ4v) is 2.18. The van der Waals surface area contributed by atoms with Crippen molar-refractivity contribution in [2.75, 3.05) is 0 Å². The Bertz CT molecular complexity index is 723. The van der Waals surface area contributed by atoms with E-state index in [1.165, 1.54) is 4.52 Å². The maximum Gasteiger partial charge on any atom is 0.326 e. The molecule has 22 heavy (non-hydrogen) atoms. The van der Waals surface area contributed by atoms with E-state index in [1.54, 1.807) is 0 Å². The highest BCUT2D eigenvalue weighted by Gasteiger charge is 2.24. The van der Waals surface area contributed by atoms with E-state index in [2.05, 4.69) is 20.4 Å². The van der Waals surface area contributed by atoms with Gasteiger partial charge in [-0.25, -0.2) is 14.3 Å². The van der Waals surface area contributed by atoms with Gasteiger partial charge in [0, 0.05) is 11.4 Å². The highest BCUT2D eigenvalue weighted by molar-refractivity contribution is 5.93. The second kappa shape index (κ2) is 6.08. The number of fused-ring (bicyclic) bond motifs is 1. The number of carbonyl (C=O) groups is 2. The minimum atomic E-state index is -1.07. The van der Waals surface area contributed by atoms with Crippen molar-refractivity contribution >= 4 is 17.7 Å². The fraction of sp³-hybridized carbons (Fsp3) is 0.500. The summed E-state index contributed by atoms with van der Waals surface area (Å²) in [6.45, 7) is 7.43. The average molecular weight is 305 g/mol. The van der Waals surface area contributed by atoms with E-state index in [4.69, 9.17) is 5.11 Å². The largest absolute Gasteiger partial charge is 0.480 e. The second-order valence-corrected chi connectivity index (χ2v) is 5.68. The molecule has 0 bridgehead atoms. The molecule has 0 radical (unpaired) electrons. The Hall–Kier alpha value is -2.51. The number of amides is 1. The van der Waals surface area contributed by atoms with Crippen LogP contribution in [-0.2, 0) is 4.79 Å². The van der Waals surface area contributed by atoms with Gasteiger partial charge in [-0.2, -0.15) is 4.98 Å². The standard InChI is InChI=1S/C14H19N5O3/c1-7(2)5-10(13(21)22)16-12(20)11-17-14-15-8(3)6-9(4)19(14)18-11/h6-7,10H,5H2,1-4H3,(H,16,20)(H,21,22)/t10-/m1/s1. The summed E-state index contributed by atoms with van der Waals surface area (Å²) in [6, 6.07) is 0.859. The van der Waals surface area contributed by atoms with Crippen LogP contribution >= 0.6 is 0 Å². The van der Waals surface area contributed by atoms with Gasteiger partial charge in [-0.3, -0.25) is 4.79 Å². The lowest BCUT2D eigenvalue weighted by molar-refractivity contribution is -0.139. The third-order valence-corrected chi connectivity index (χ3v) is 3.13. The first-order valence-corrected chi connectivity index (χ1v) is 7.02. The second-order valence-electron chi connectivity index (χ2n) is 5.68. The highest BCUT2D eigenvalue weighted by Crippen LogP contribution is 2.08. The normalized spacial score (nSPS) is 12.6. The number of hydrogen-bond acceptors (Lipinski definition) is 5. The first-order chi connectivity index (χ1) is 10.3. The van der Waals surface area contributed by atoms with Gasteiger partial charge in [0.1, 0.15) is 6.04 Å². The number of carboxylic acids is 1. The molecule has 0 aliphatic heterocycles. The molecule has 0 fully saturated rings. The molecule has 8 heteroatoms. The third-order valence-electron chi connectivity index (χ3n) is 3.13. The minimum Gasteiger partial charge on any atom is -0.480 e. The van der Waals surface area contributed by atoms with E-state index >= 15 is 0 Å². The molecule has 2 aromatic rings. The Morgan fingerprint density at radius 3 is 2.59 bits per heavy atom. The summed E-state index contributed by atoms with van der Waals surface area (Å²) in [6.07, 6.45) is 0.338. The smallest absolute Gasteiger partial charge is 0.326 e. The Morgan fingerprint density at radius 1 is 1.32 bits per heavy atom. The number of nitrogens with zero attached hydrogens (tertiary/aromatic N) is 4. The summed E-state index contributed by atoms with van der Waals surface area (Å²) in [5, 5.41) is 15.7. The SMILES string of the molecule is Cc1cc(C)n2nc(C(=O)N[C@H](CC(C)C)C(=O)O)nc2n1. The maximum absolute atomic E-state index is 12.2. The molecule has 0 aliphatic carbocycles. The van der Waals surface area contributed by atoms with Gasteiger partial charge >= 0.3 is 5.97 Å². The maximum atomic E-state index is 12.2. The van der Waals surface area contributed by atoms with E-state index in [9.17, 15) is 9.59 Å². The number of carbonyl (C=O) groups excluding carboxylic acids is 1. The van der Waals surface area contributed by atoms with Gasteiger partial charge in [-0.15, -0.1) is 5.10 Å². The van der Waals surface area contributed by atoms with Crippen molar-refractivity contribution in [2.24, 2.45) is 5.92 Å². The molecular formula is C14H19N5O3. The zero-order valence-electron chi connectivity index (χ0n) is 13.0. The van der Waals surface area contributed by atoms with Crippen molar-refractivity contribution in [2.45, 2.75) is 40.2 Å². The number of aliphatic carboxylic acids is 1. The molecule has 2 aromatic heterocycles. The lowest BCUT2D eigenvalue weighted by Crippen LogP contribution is -2.42. The van der Waals surface area contributed by atoms with E-state index in [0.29, 0.717) is 12.2 Å². The Labute approximate surface area is 127 Å². The summed E-state index contributed by atoms with van der Waals surface area (Å²) >= 11 is 0. The van der Waals surface area contributed by atoms with Crippen LogP contribution in [0.15, 0.2) is 6.07 Å². The van der Waals surface area contributed by atoms with Gasteiger partial charge in [-0.1, -0.05) is 13.8 Å². The molecule has 0 saturated carbocycles. The number of rotatable bonds is 5. The summed E-state index contributed by atoms with van der Waals surface area (Å²) < 4.78 is 1.46. The molecule has 0 unspecified atom stereocenters. The van der Waals surface area contributed by atoms with Crippen LogP contribution in [0.2, 0.25) is 0 Å². The van der Waals surface area contributed by atoms with Crippen LogP contribution in [0.5, 0.6) is 0 Å². The first kappa shape index (κ1) is 15.9. The average Bonchev–Trinajstić information content (AvgIpc) is 2.81. The molecule has 0 spiro atoms. The highest BCUT2D eigenvalue weighted by atomic mass is 16.4. The molecule has 2 heterocycles. The Balaban J connectivity index is 2.25.